The van der Waals surface area contributed by atoms with E-state index in [1.165, 1.54) is 0 Å². The van der Waals surface area contributed by atoms with Crippen molar-refractivity contribution in [1.82, 2.24) is 19.5 Å². The molecule has 2 aromatic rings. The number of hydrogen-bond acceptors (Lipinski definition) is 6. The lowest BCUT2D eigenvalue weighted by Gasteiger charge is -2.33. The number of anilines is 1. The van der Waals surface area contributed by atoms with Crippen molar-refractivity contribution >= 4 is 5.82 Å². The first-order chi connectivity index (χ1) is 12.1. The number of methoxy groups -OCH3 is 1. The Balaban J connectivity index is 1.62. The molecule has 0 spiro atoms. The fraction of sp³-hybridized carbons (Fsp3) is 0.556. The van der Waals surface area contributed by atoms with E-state index in [1.807, 2.05) is 19.9 Å². The first-order valence-electron chi connectivity index (χ1n) is 8.67. The number of aryl methyl sites for hydroxylation is 1. The van der Waals surface area contributed by atoms with Gasteiger partial charge < -0.3 is 9.64 Å². The Labute approximate surface area is 147 Å². The highest BCUT2D eigenvalue weighted by atomic mass is 16.5. The molecular weight excluding hydrogens is 318 g/mol. The van der Waals surface area contributed by atoms with E-state index < -0.39 is 0 Å². The molecule has 0 N–H and O–H groups in total. The van der Waals surface area contributed by atoms with Crippen molar-refractivity contribution in [3.05, 3.63) is 46.0 Å². The molecule has 0 bridgehead atoms. The normalized spacial score (nSPS) is 15.6. The van der Waals surface area contributed by atoms with Crippen molar-refractivity contribution < 1.29 is 4.74 Å². The lowest BCUT2D eigenvalue weighted by molar-refractivity contribution is 0.177. The molecule has 2 aromatic heterocycles. The van der Waals surface area contributed by atoms with Gasteiger partial charge in [0.15, 0.2) is 5.82 Å². The van der Waals surface area contributed by atoms with E-state index in [-0.39, 0.29) is 5.56 Å². The molecular formula is C18H25N5O2. The van der Waals surface area contributed by atoms with E-state index in [9.17, 15) is 4.79 Å². The number of piperidine rings is 1. The van der Waals surface area contributed by atoms with Crippen LogP contribution in [-0.4, -0.2) is 39.7 Å². The minimum absolute atomic E-state index is 0.0786. The number of aromatic nitrogens is 4. The van der Waals surface area contributed by atoms with Gasteiger partial charge in [-0.05, 0) is 38.7 Å². The van der Waals surface area contributed by atoms with E-state index >= 15 is 0 Å². The third-order valence-electron chi connectivity index (χ3n) is 4.87. The third-order valence-corrected chi connectivity index (χ3v) is 4.87. The topological polar surface area (TPSA) is 73.1 Å². The third kappa shape index (κ3) is 4.04. The summed E-state index contributed by atoms with van der Waals surface area (Å²) in [5.41, 5.74) is 1.63. The molecule has 1 aliphatic heterocycles. The van der Waals surface area contributed by atoms with Crippen LogP contribution in [0.5, 0.6) is 0 Å². The van der Waals surface area contributed by atoms with Crippen molar-refractivity contribution in [1.29, 1.82) is 0 Å². The number of ether oxygens (including phenoxy) is 1. The molecule has 0 aliphatic carbocycles. The van der Waals surface area contributed by atoms with E-state index in [2.05, 4.69) is 19.9 Å². The summed E-state index contributed by atoms with van der Waals surface area (Å²) >= 11 is 0. The van der Waals surface area contributed by atoms with Gasteiger partial charge in [0.25, 0.3) is 5.56 Å². The highest BCUT2D eigenvalue weighted by molar-refractivity contribution is 5.37. The lowest BCUT2D eigenvalue weighted by atomic mass is 9.96. The van der Waals surface area contributed by atoms with Gasteiger partial charge >= 0.3 is 0 Å². The van der Waals surface area contributed by atoms with Crippen LogP contribution < -0.4 is 10.5 Å². The molecule has 3 rings (SSSR count). The molecule has 3 heterocycles. The van der Waals surface area contributed by atoms with Crippen LogP contribution in [0, 0.1) is 19.8 Å². The molecule has 0 atom stereocenters. The van der Waals surface area contributed by atoms with Crippen LogP contribution in [0.25, 0.3) is 0 Å². The lowest BCUT2D eigenvalue weighted by Crippen LogP contribution is -2.37. The highest BCUT2D eigenvalue weighted by Crippen LogP contribution is 2.22. The Morgan fingerprint density at radius 1 is 1.24 bits per heavy atom. The van der Waals surface area contributed by atoms with Crippen LogP contribution in [0.15, 0.2) is 23.4 Å². The van der Waals surface area contributed by atoms with E-state index in [0.29, 0.717) is 18.3 Å². The van der Waals surface area contributed by atoms with Gasteiger partial charge in [0, 0.05) is 44.2 Å². The molecule has 7 heteroatoms. The Bertz CT molecular complexity index is 781. The van der Waals surface area contributed by atoms with Crippen LogP contribution in [-0.2, 0) is 17.9 Å². The summed E-state index contributed by atoms with van der Waals surface area (Å²) in [6.45, 7) is 6.74. The standard InChI is InChI=1S/C18H25N5O2/c1-13-14(2)20-12-23(18(13)24)10-15-5-8-22(9-6-15)17-4-7-19-16(21-17)11-25-3/h4,7,12,15H,5-6,8-11H2,1-3H3. The quantitative estimate of drug-likeness (QED) is 0.823. The molecule has 0 radical (unpaired) electrons. The van der Waals surface area contributed by atoms with E-state index in [1.54, 1.807) is 24.2 Å². The van der Waals surface area contributed by atoms with Crippen LogP contribution in [0.1, 0.15) is 29.9 Å². The Kier molecular flexibility index (Phi) is 5.43. The molecule has 0 amide bonds. The second-order valence-electron chi connectivity index (χ2n) is 6.61. The fourth-order valence-corrected chi connectivity index (χ4v) is 3.19. The van der Waals surface area contributed by atoms with Gasteiger partial charge in [0.2, 0.25) is 0 Å². The monoisotopic (exact) mass is 343 g/mol. The van der Waals surface area contributed by atoms with Crippen LogP contribution >= 0.6 is 0 Å². The first-order valence-corrected chi connectivity index (χ1v) is 8.67. The molecule has 0 unspecified atom stereocenters. The number of rotatable bonds is 5. The predicted octanol–water partition coefficient (Wildman–Crippen LogP) is 1.71. The Morgan fingerprint density at radius 3 is 2.72 bits per heavy atom. The Morgan fingerprint density at radius 2 is 2.00 bits per heavy atom. The van der Waals surface area contributed by atoms with Crippen molar-refractivity contribution in [3.8, 4) is 0 Å². The number of hydrogen-bond donors (Lipinski definition) is 0. The SMILES string of the molecule is COCc1nccc(N2CCC(Cn3cnc(C)c(C)c3=O)CC2)n1. The predicted molar refractivity (Wildman–Crippen MR) is 95.7 cm³/mol. The molecule has 1 fully saturated rings. The van der Waals surface area contributed by atoms with Gasteiger partial charge in [-0.3, -0.25) is 9.36 Å². The maximum absolute atomic E-state index is 12.3. The van der Waals surface area contributed by atoms with Crippen molar-refractivity contribution in [3.63, 3.8) is 0 Å². The zero-order valence-electron chi connectivity index (χ0n) is 15.1. The van der Waals surface area contributed by atoms with Crippen molar-refractivity contribution in [2.24, 2.45) is 5.92 Å². The van der Waals surface area contributed by atoms with Gasteiger partial charge in [-0.15, -0.1) is 0 Å². The maximum atomic E-state index is 12.3. The summed E-state index contributed by atoms with van der Waals surface area (Å²) in [6, 6.07) is 1.94. The summed E-state index contributed by atoms with van der Waals surface area (Å²) < 4.78 is 6.86. The fourth-order valence-electron chi connectivity index (χ4n) is 3.19. The summed E-state index contributed by atoms with van der Waals surface area (Å²) in [6.07, 6.45) is 5.52. The molecule has 134 valence electrons. The minimum Gasteiger partial charge on any atom is -0.377 e. The van der Waals surface area contributed by atoms with Crippen LogP contribution in [0.4, 0.5) is 5.82 Å². The highest BCUT2D eigenvalue weighted by Gasteiger charge is 2.21. The smallest absolute Gasteiger partial charge is 0.256 e. The van der Waals surface area contributed by atoms with Crippen molar-refractivity contribution in [2.75, 3.05) is 25.1 Å². The zero-order valence-corrected chi connectivity index (χ0v) is 15.1. The van der Waals surface area contributed by atoms with E-state index in [0.717, 1.165) is 49.6 Å². The minimum atomic E-state index is 0.0786. The zero-order chi connectivity index (χ0) is 17.8. The van der Waals surface area contributed by atoms with Gasteiger partial charge in [0.1, 0.15) is 12.4 Å². The summed E-state index contributed by atoms with van der Waals surface area (Å²) in [7, 11) is 1.64. The molecule has 1 saturated heterocycles. The van der Waals surface area contributed by atoms with Gasteiger partial charge in [-0.2, -0.15) is 0 Å². The summed E-state index contributed by atoms with van der Waals surface area (Å²) in [4.78, 5) is 27.7. The second kappa shape index (κ2) is 7.74. The molecule has 25 heavy (non-hydrogen) atoms. The maximum Gasteiger partial charge on any atom is 0.256 e. The van der Waals surface area contributed by atoms with Gasteiger partial charge in [-0.25, -0.2) is 15.0 Å². The van der Waals surface area contributed by atoms with Gasteiger partial charge in [0.05, 0.1) is 6.33 Å². The second-order valence-corrected chi connectivity index (χ2v) is 6.61. The average molecular weight is 343 g/mol. The van der Waals surface area contributed by atoms with Crippen molar-refractivity contribution in [2.45, 2.75) is 39.8 Å². The van der Waals surface area contributed by atoms with E-state index in [4.69, 9.17) is 4.74 Å². The number of nitrogens with zero attached hydrogens (tertiary/aromatic N) is 5. The largest absolute Gasteiger partial charge is 0.377 e. The molecule has 0 aromatic carbocycles. The summed E-state index contributed by atoms with van der Waals surface area (Å²) in [5, 5.41) is 0. The van der Waals surface area contributed by atoms with Crippen LogP contribution in [0.2, 0.25) is 0 Å². The first kappa shape index (κ1) is 17.5. The van der Waals surface area contributed by atoms with Gasteiger partial charge in [-0.1, -0.05) is 0 Å². The molecule has 7 nitrogen and oxygen atoms in total. The average Bonchev–Trinajstić information content (AvgIpc) is 2.63. The van der Waals surface area contributed by atoms with Crippen LogP contribution in [0.3, 0.4) is 0 Å². The Hall–Kier alpha value is -2.28. The molecule has 1 aliphatic rings. The molecule has 0 saturated carbocycles. The summed E-state index contributed by atoms with van der Waals surface area (Å²) in [5.74, 6) is 2.14.